The molecule has 0 aliphatic rings. The second-order valence-electron chi connectivity index (χ2n) is 3.22. The summed E-state index contributed by atoms with van der Waals surface area (Å²) in [6.45, 7) is 8.14. The zero-order valence-electron chi connectivity index (χ0n) is 8.41. The molecule has 0 fully saturated rings. The lowest BCUT2D eigenvalue weighted by molar-refractivity contribution is 0.592. The van der Waals surface area contributed by atoms with Crippen LogP contribution >= 0.6 is 0 Å². The van der Waals surface area contributed by atoms with Crippen LogP contribution in [0.5, 0.6) is 0 Å². The van der Waals surface area contributed by atoms with Gasteiger partial charge in [0, 0.05) is 0 Å². The van der Waals surface area contributed by atoms with Crippen LogP contribution < -0.4 is 0 Å². The van der Waals surface area contributed by atoms with E-state index in [1.165, 1.54) is 12.1 Å². The lowest BCUT2D eigenvalue weighted by Crippen LogP contribution is -2.13. The molecule has 0 radical (unpaired) electrons. The smallest absolute Gasteiger partial charge is 0.222 e. The molecule has 0 spiro atoms. The van der Waals surface area contributed by atoms with Gasteiger partial charge in [0.15, 0.2) is 9.84 Å². The first-order valence-corrected chi connectivity index (χ1v) is 7.44. The Hall–Kier alpha value is -1.39. The Kier molecular flexibility index (Phi) is 3.35. The molecule has 0 aliphatic carbocycles. The Morgan fingerprint density at radius 1 is 1.12 bits per heavy atom. The Morgan fingerprint density at radius 2 is 1.62 bits per heavy atom. The summed E-state index contributed by atoms with van der Waals surface area (Å²) in [7, 11) is -8.18. The highest BCUT2D eigenvalue weighted by atomic mass is 32.3. The third-order valence-corrected chi connectivity index (χ3v) is 5.52. The first-order valence-electron chi connectivity index (χ1n) is 4.18. The molecule has 0 bridgehead atoms. The molecular weight excluding hydrogens is 250 g/mol. The summed E-state index contributed by atoms with van der Waals surface area (Å²) in [6.07, 6.45) is 0. The second kappa shape index (κ2) is 4.23. The molecule has 86 valence electrons. The fourth-order valence-corrected chi connectivity index (χ4v) is 3.91. The van der Waals surface area contributed by atoms with Crippen molar-refractivity contribution in [3.8, 4) is 0 Å². The van der Waals surface area contributed by atoms with Crippen molar-refractivity contribution in [3.05, 3.63) is 40.7 Å². The van der Waals surface area contributed by atoms with Gasteiger partial charge in [0.25, 0.3) is 0 Å². The average molecular weight is 259 g/mol. The van der Waals surface area contributed by atoms with Crippen LogP contribution in [0.15, 0.2) is 29.2 Å². The third-order valence-electron chi connectivity index (χ3n) is 1.82. The predicted octanol–water partition coefficient (Wildman–Crippen LogP) is 0.975. The van der Waals surface area contributed by atoms with Crippen LogP contribution in [0.4, 0.5) is 0 Å². The molecule has 0 N–H and O–H groups in total. The van der Waals surface area contributed by atoms with E-state index in [2.05, 4.69) is 4.25 Å². The van der Waals surface area contributed by atoms with E-state index >= 15 is 0 Å². The van der Waals surface area contributed by atoms with E-state index in [0.29, 0.717) is 0 Å². The van der Waals surface area contributed by atoms with Crippen LogP contribution in [0.3, 0.4) is 0 Å². The molecule has 0 amide bonds. The molecule has 16 heavy (non-hydrogen) atoms. The predicted molar refractivity (Wildman–Crippen MR) is 58.8 cm³/mol. The molecule has 5 nitrogen and oxygen atoms in total. The number of sulfone groups is 1. The van der Waals surface area contributed by atoms with Crippen molar-refractivity contribution in [1.29, 1.82) is 0 Å². The van der Waals surface area contributed by atoms with Crippen molar-refractivity contribution in [2.24, 2.45) is 0 Å². The van der Waals surface area contributed by atoms with Gasteiger partial charge in [0.05, 0.1) is 4.90 Å². The van der Waals surface area contributed by atoms with E-state index in [1.807, 2.05) is 0 Å². The molecule has 1 aromatic carbocycles. The van der Waals surface area contributed by atoms with Crippen LogP contribution in [0.2, 0.25) is 0 Å². The highest BCUT2D eigenvalue weighted by Crippen LogP contribution is 2.14. The lowest BCUT2D eigenvalue weighted by Gasteiger charge is -2.00. The zero-order valence-corrected chi connectivity index (χ0v) is 10.0. The number of rotatable bonds is 3. The summed E-state index contributed by atoms with van der Waals surface area (Å²) in [5.41, 5.74) is 0.868. The first-order chi connectivity index (χ1) is 7.27. The normalized spacial score (nSPS) is 12.0. The lowest BCUT2D eigenvalue weighted by atomic mass is 10.2. The van der Waals surface area contributed by atoms with Crippen molar-refractivity contribution >= 4 is 19.9 Å². The minimum absolute atomic E-state index is 0.0923. The maximum Gasteiger partial charge on any atom is 0.452 e. The van der Waals surface area contributed by atoms with Gasteiger partial charge in [-0.2, -0.15) is 4.25 Å². The highest BCUT2D eigenvalue weighted by molar-refractivity contribution is 8.08. The van der Waals surface area contributed by atoms with Crippen LogP contribution in [-0.2, 0) is 19.9 Å². The summed E-state index contributed by atoms with van der Waals surface area (Å²) in [5.74, 6) is 0. The summed E-state index contributed by atoms with van der Waals surface area (Å²) in [5, 5.41) is -1.17. The fourth-order valence-electron chi connectivity index (χ4n) is 1.04. The van der Waals surface area contributed by atoms with Gasteiger partial charge in [0.1, 0.15) is 0 Å². The maximum atomic E-state index is 11.6. The van der Waals surface area contributed by atoms with Crippen LogP contribution in [0.25, 0.3) is 4.25 Å². The van der Waals surface area contributed by atoms with Gasteiger partial charge in [-0.15, -0.1) is 8.42 Å². The van der Waals surface area contributed by atoms with Gasteiger partial charge in [-0.3, -0.25) is 0 Å². The minimum atomic E-state index is -4.23. The summed E-state index contributed by atoms with van der Waals surface area (Å²) in [6, 6.07) is 5.78. The number of nitrogens with zero attached hydrogens (tertiary/aromatic N) is 1. The van der Waals surface area contributed by atoms with Crippen molar-refractivity contribution in [2.75, 3.05) is 5.08 Å². The van der Waals surface area contributed by atoms with E-state index in [1.54, 1.807) is 19.1 Å². The van der Waals surface area contributed by atoms with Gasteiger partial charge >= 0.3 is 10.0 Å². The average Bonchev–Trinajstić information content (AvgIpc) is 2.17. The monoisotopic (exact) mass is 259 g/mol. The molecule has 0 heterocycles. The molecular formula is C9H9NO4S2. The number of hydrogen-bond donors (Lipinski definition) is 0. The van der Waals surface area contributed by atoms with E-state index < -0.39 is 24.9 Å². The van der Waals surface area contributed by atoms with Crippen molar-refractivity contribution in [2.45, 2.75) is 11.8 Å². The van der Waals surface area contributed by atoms with Crippen molar-refractivity contribution in [1.82, 2.24) is 0 Å². The highest BCUT2D eigenvalue weighted by Gasteiger charge is 2.27. The maximum absolute atomic E-state index is 11.6. The standard InChI is InChI=1S/C9H9NO4S2/c1-8-3-5-9(6-4-8)15(11,12)7-16(13,14)10-2/h3-6H,7H2,1H3. The number of sulfonamides is 1. The van der Waals surface area contributed by atoms with E-state index in [4.69, 9.17) is 6.57 Å². The van der Waals surface area contributed by atoms with E-state index in [-0.39, 0.29) is 4.90 Å². The summed E-state index contributed by atoms with van der Waals surface area (Å²) < 4.78 is 47.3. The molecule has 0 aliphatic heterocycles. The van der Waals surface area contributed by atoms with E-state index in [9.17, 15) is 16.8 Å². The van der Waals surface area contributed by atoms with Gasteiger partial charge in [-0.1, -0.05) is 17.7 Å². The third kappa shape index (κ3) is 3.05. The molecule has 1 aromatic rings. The molecule has 0 saturated heterocycles. The Labute approximate surface area is 94.5 Å². The van der Waals surface area contributed by atoms with Gasteiger partial charge in [-0.25, -0.2) is 15.0 Å². The number of hydrogen-bond acceptors (Lipinski definition) is 4. The van der Waals surface area contributed by atoms with Crippen molar-refractivity contribution in [3.63, 3.8) is 0 Å². The SMILES string of the molecule is [C-]#[N+]S(=O)(=O)CS(=O)(=O)c1ccc(C)cc1. The van der Waals surface area contributed by atoms with Gasteiger partial charge in [-0.05, 0) is 19.1 Å². The summed E-state index contributed by atoms with van der Waals surface area (Å²) >= 11 is 0. The van der Waals surface area contributed by atoms with Crippen LogP contribution in [0.1, 0.15) is 5.56 Å². The number of benzene rings is 1. The van der Waals surface area contributed by atoms with Crippen LogP contribution in [-0.4, -0.2) is 21.9 Å². The first kappa shape index (κ1) is 12.7. The molecule has 0 aromatic heterocycles. The largest absolute Gasteiger partial charge is 0.452 e. The summed E-state index contributed by atoms with van der Waals surface area (Å²) in [4.78, 5) is -0.0923. The molecule has 1 rings (SSSR count). The van der Waals surface area contributed by atoms with Gasteiger partial charge < -0.3 is 0 Å². The quantitative estimate of drug-likeness (QED) is 0.758. The van der Waals surface area contributed by atoms with E-state index in [0.717, 1.165) is 5.56 Å². The Bertz CT molecular complexity index is 621. The zero-order chi connectivity index (χ0) is 12.4. The Morgan fingerprint density at radius 3 is 2.06 bits per heavy atom. The Balaban J connectivity index is 3.15. The van der Waals surface area contributed by atoms with Crippen LogP contribution in [0, 0.1) is 13.5 Å². The fraction of sp³-hybridized carbons (Fsp3) is 0.222. The molecule has 0 unspecified atom stereocenters. The minimum Gasteiger partial charge on any atom is -0.222 e. The second-order valence-corrected chi connectivity index (χ2v) is 7.21. The number of aryl methyl sites for hydroxylation is 1. The topological polar surface area (TPSA) is 72.6 Å². The van der Waals surface area contributed by atoms with Gasteiger partial charge in [0.2, 0.25) is 5.08 Å². The molecule has 0 atom stereocenters. The van der Waals surface area contributed by atoms with Crippen molar-refractivity contribution < 1.29 is 16.8 Å². The molecule has 7 heteroatoms. The molecule has 0 saturated carbocycles.